The Bertz CT molecular complexity index is 216. The Kier molecular flexibility index (Phi) is 18.3. The number of hydrogen-bond donors (Lipinski definition) is 0. The summed E-state index contributed by atoms with van der Waals surface area (Å²) in [5.74, 6) is 0.546. The third kappa shape index (κ3) is 7.50. The lowest BCUT2D eigenvalue weighted by molar-refractivity contribution is 0.805. The van der Waals surface area contributed by atoms with Gasteiger partial charge >= 0.3 is 0 Å². The van der Waals surface area contributed by atoms with Crippen LogP contribution in [0.15, 0.2) is 35.5 Å². The zero-order chi connectivity index (χ0) is 13.7. The summed E-state index contributed by atoms with van der Waals surface area (Å²) in [6.45, 7) is 22.5. The van der Waals surface area contributed by atoms with E-state index < -0.39 is 0 Å². The molecule has 96 valence electrons. The van der Waals surface area contributed by atoms with E-state index in [1.807, 2.05) is 41.5 Å². The lowest BCUT2D eigenvalue weighted by Crippen LogP contribution is -2.03. The zero-order valence-electron chi connectivity index (χ0n) is 12.9. The summed E-state index contributed by atoms with van der Waals surface area (Å²) >= 11 is 0. The molecule has 0 aliphatic heterocycles. The summed E-state index contributed by atoms with van der Waals surface area (Å²) in [6.07, 6.45) is 4.24. The molecule has 0 N–H and O–H groups in total. The molecular formula is C16H32. The molecule has 0 heterocycles. The summed E-state index contributed by atoms with van der Waals surface area (Å²) in [7, 11) is 0. The maximum atomic E-state index is 3.96. The van der Waals surface area contributed by atoms with E-state index in [1.54, 1.807) is 0 Å². The van der Waals surface area contributed by atoms with Gasteiger partial charge in [-0.1, -0.05) is 78.3 Å². The second-order valence-corrected chi connectivity index (χ2v) is 3.00. The molecule has 1 rings (SSSR count). The quantitative estimate of drug-likeness (QED) is 0.462. The van der Waals surface area contributed by atoms with E-state index in [-0.39, 0.29) is 0 Å². The molecule has 0 nitrogen and oxygen atoms in total. The van der Waals surface area contributed by atoms with Crippen molar-refractivity contribution in [1.29, 1.82) is 0 Å². The molecule has 0 amide bonds. The summed E-state index contributed by atoms with van der Waals surface area (Å²) in [4.78, 5) is 0. The maximum absolute atomic E-state index is 3.96. The molecule has 0 spiro atoms. The van der Waals surface area contributed by atoms with Crippen LogP contribution >= 0.6 is 0 Å². The molecule has 1 unspecified atom stereocenters. The maximum Gasteiger partial charge on any atom is 0.00169 e. The highest BCUT2D eigenvalue weighted by molar-refractivity contribution is 5.39. The van der Waals surface area contributed by atoms with Crippen LogP contribution in [0.25, 0.3) is 0 Å². The van der Waals surface area contributed by atoms with Crippen LogP contribution in [0.5, 0.6) is 0 Å². The summed E-state index contributed by atoms with van der Waals surface area (Å²) in [5, 5.41) is 0. The van der Waals surface area contributed by atoms with Gasteiger partial charge in [0.15, 0.2) is 0 Å². The van der Waals surface area contributed by atoms with E-state index >= 15 is 0 Å². The smallest absolute Gasteiger partial charge is 0.00169 e. The molecule has 0 saturated carbocycles. The fourth-order valence-corrected chi connectivity index (χ4v) is 1.13. The minimum absolute atomic E-state index is 0.546. The fourth-order valence-electron chi connectivity index (χ4n) is 1.13. The Morgan fingerprint density at radius 2 is 1.25 bits per heavy atom. The molecule has 0 radical (unpaired) electrons. The van der Waals surface area contributed by atoms with E-state index in [0.29, 0.717) is 5.92 Å². The molecule has 1 atom stereocenters. The van der Waals surface area contributed by atoms with Gasteiger partial charge in [-0.15, -0.1) is 0 Å². The molecule has 1 aliphatic carbocycles. The predicted molar refractivity (Wildman–Crippen MR) is 79.9 cm³/mol. The van der Waals surface area contributed by atoms with E-state index in [1.165, 1.54) is 16.7 Å². The van der Waals surface area contributed by atoms with Gasteiger partial charge in [-0.2, -0.15) is 0 Å². The minimum Gasteiger partial charge on any atom is -0.0952 e. The molecule has 0 aromatic rings. The standard InChI is InChI=1S/C10H14.3C2H6/c1-7-5-6-8(2)10(4)9(7)3;3*1-2/h5-6,9H,1H2,2-4H3;3*1-2H3. The van der Waals surface area contributed by atoms with E-state index in [2.05, 4.69) is 39.5 Å². The average molecular weight is 224 g/mol. The van der Waals surface area contributed by atoms with Crippen molar-refractivity contribution in [1.82, 2.24) is 0 Å². The predicted octanol–water partition coefficient (Wildman–Crippen LogP) is 6.16. The number of allylic oxidation sites excluding steroid dienone is 5. The Morgan fingerprint density at radius 3 is 1.56 bits per heavy atom. The van der Waals surface area contributed by atoms with Gasteiger partial charge in [0.2, 0.25) is 0 Å². The molecule has 0 bridgehead atoms. The van der Waals surface area contributed by atoms with Crippen LogP contribution in [0.2, 0.25) is 0 Å². The van der Waals surface area contributed by atoms with Crippen LogP contribution in [0.1, 0.15) is 62.3 Å². The lowest BCUT2D eigenvalue weighted by Gasteiger charge is -2.18. The van der Waals surface area contributed by atoms with Gasteiger partial charge in [0.05, 0.1) is 0 Å². The lowest BCUT2D eigenvalue weighted by atomic mass is 9.87. The highest BCUT2D eigenvalue weighted by atomic mass is 14.2. The first kappa shape index (κ1) is 20.6. The van der Waals surface area contributed by atoms with E-state index in [9.17, 15) is 0 Å². The first-order valence-corrected chi connectivity index (χ1v) is 6.67. The van der Waals surface area contributed by atoms with Crippen LogP contribution < -0.4 is 0 Å². The summed E-state index contributed by atoms with van der Waals surface area (Å²) in [5.41, 5.74) is 4.07. The summed E-state index contributed by atoms with van der Waals surface area (Å²) < 4.78 is 0. The third-order valence-electron chi connectivity index (χ3n) is 2.38. The average Bonchev–Trinajstić information content (AvgIpc) is 2.39. The van der Waals surface area contributed by atoms with Crippen LogP contribution in [-0.4, -0.2) is 0 Å². The molecule has 0 aromatic heterocycles. The third-order valence-corrected chi connectivity index (χ3v) is 2.38. The highest BCUT2D eigenvalue weighted by Crippen LogP contribution is 2.26. The van der Waals surface area contributed by atoms with Gasteiger partial charge in [0.25, 0.3) is 0 Å². The molecular weight excluding hydrogens is 192 g/mol. The minimum atomic E-state index is 0.546. The Balaban J connectivity index is -0.000000245. The number of hydrogen-bond acceptors (Lipinski definition) is 0. The van der Waals surface area contributed by atoms with Crippen molar-refractivity contribution in [3.63, 3.8) is 0 Å². The molecule has 0 saturated heterocycles. The van der Waals surface area contributed by atoms with Crippen molar-refractivity contribution in [2.24, 2.45) is 5.92 Å². The molecule has 0 aromatic carbocycles. The van der Waals surface area contributed by atoms with Crippen molar-refractivity contribution in [2.75, 3.05) is 0 Å². The number of rotatable bonds is 0. The molecule has 1 aliphatic rings. The monoisotopic (exact) mass is 224 g/mol. The summed E-state index contributed by atoms with van der Waals surface area (Å²) in [6, 6.07) is 0. The van der Waals surface area contributed by atoms with E-state index in [4.69, 9.17) is 0 Å². The Hall–Kier alpha value is -0.780. The Morgan fingerprint density at radius 1 is 0.875 bits per heavy atom. The van der Waals surface area contributed by atoms with E-state index in [0.717, 1.165) is 0 Å². The van der Waals surface area contributed by atoms with Gasteiger partial charge in [-0.05, 0) is 19.4 Å². The second-order valence-electron chi connectivity index (χ2n) is 3.00. The first-order valence-electron chi connectivity index (χ1n) is 6.67. The van der Waals surface area contributed by atoms with Crippen molar-refractivity contribution in [3.8, 4) is 0 Å². The fraction of sp³-hybridized carbons (Fsp3) is 0.625. The highest BCUT2D eigenvalue weighted by Gasteiger charge is 2.11. The van der Waals surface area contributed by atoms with Crippen molar-refractivity contribution < 1.29 is 0 Å². The largest absolute Gasteiger partial charge is 0.0952 e. The van der Waals surface area contributed by atoms with Crippen molar-refractivity contribution in [3.05, 3.63) is 35.5 Å². The van der Waals surface area contributed by atoms with Crippen LogP contribution in [0.4, 0.5) is 0 Å². The molecule has 16 heavy (non-hydrogen) atoms. The first-order chi connectivity index (χ1) is 7.63. The van der Waals surface area contributed by atoms with Gasteiger partial charge in [0, 0.05) is 5.92 Å². The SMILES string of the molecule is C=C1C=CC(C)=C(C)C1C.CC.CC.CC. The van der Waals surface area contributed by atoms with Gasteiger partial charge < -0.3 is 0 Å². The van der Waals surface area contributed by atoms with Gasteiger partial charge in [-0.3, -0.25) is 0 Å². The Labute approximate surface area is 104 Å². The zero-order valence-corrected chi connectivity index (χ0v) is 12.9. The normalized spacial score (nSPS) is 17.3. The molecule has 0 heteroatoms. The topological polar surface area (TPSA) is 0 Å². The second kappa shape index (κ2) is 14.2. The van der Waals surface area contributed by atoms with Crippen LogP contribution in [-0.2, 0) is 0 Å². The van der Waals surface area contributed by atoms with Gasteiger partial charge in [-0.25, -0.2) is 0 Å². The van der Waals surface area contributed by atoms with Crippen LogP contribution in [0, 0.1) is 5.92 Å². The van der Waals surface area contributed by atoms with Crippen molar-refractivity contribution >= 4 is 0 Å². The van der Waals surface area contributed by atoms with Gasteiger partial charge in [0.1, 0.15) is 0 Å². The molecule has 0 fully saturated rings. The van der Waals surface area contributed by atoms with Crippen LogP contribution in [0.3, 0.4) is 0 Å². The van der Waals surface area contributed by atoms with Crippen molar-refractivity contribution in [2.45, 2.75) is 62.3 Å².